The number of nitrogens with zero attached hydrogens (tertiary/aromatic N) is 3. The van der Waals surface area contributed by atoms with Crippen molar-refractivity contribution in [3.05, 3.63) is 40.8 Å². The SMILES string of the molecule is C[C@@H]1CCCC[C@H]1NC(=O)Cn1ncc2c3ccccc3n(C)c2c1=O. The van der Waals surface area contributed by atoms with Crippen molar-refractivity contribution in [2.75, 3.05) is 0 Å². The van der Waals surface area contributed by atoms with E-state index in [9.17, 15) is 9.59 Å². The second-order valence-electron chi connectivity index (χ2n) is 7.38. The van der Waals surface area contributed by atoms with E-state index in [2.05, 4.69) is 17.3 Å². The van der Waals surface area contributed by atoms with Crippen molar-refractivity contribution in [2.45, 2.75) is 45.2 Å². The first kappa shape index (κ1) is 16.8. The van der Waals surface area contributed by atoms with Crippen molar-refractivity contribution in [2.24, 2.45) is 13.0 Å². The van der Waals surface area contributed by atoms with Gasteiger partial charge in [0.15, 0.2) is 0 Å². The molecular formula is C20H24N4O2. The molecule has 4 rings (SSSR count). The summed E-state index contributed by atoms with van der Waals surface area (Å²) >= 11 is 0. The fourth-order valence-electron chi connectivity index (χ4n) is 4.15. The van der Waals surface area contributed by atoms with Crippen LogP contribution in [0.2, 0.25) is 0 Å². The van der Waals surface area contributed by atoms with Crippen molar-refractivity contribution < 1.29 is 4.79 Å². The smallest absolute Gasteiger partial charge is 0.291 e. The average Bonchev–Trinajstić information content (AvgIpc) is 2.93. The second kappa shape index (κ2) is 6.59. The van der Waals surface area contributed by atoms with Gasteiger partial charge in [-0.3, -0.25) is 9.59 Å². The molecule has 136 valence electrons. The maximum Gasteiger partial charge on any atom is 0.291 e. The van der Waals surface area contributed by atoms with E-state index in [1.807, 2.05) is 35.9 Å². The lowest BCUT2D eigenvalue weighted by molar-refractivity contribution is -0.123. The predicted octanol–water partition coefficient (Wildman–Crippen LogP) is 2.58. The van der Waals surface area contributed by atoms with Gasteiger partial charge in [0.2, 0.25) is 5.91 Å². The van der Waals surface area contributed by atoms with Gasteiger partial charge in [-0.25, -0.2) is 4.68 Å². The summed E-state index contributed by atoms with van der Waals surface area (Å²) in [6.45, 7) is 2.13. The van der Waals surface area contributed by atoms with E-state index in [1.54, 1.807) is 6.20 Å². The Morgan fingerprint density at radius 3 is 2.81 bits per heavy atom. The molecule has 0 bridgehead atoms. The Balaban J connectivity index is 1.64. The monoisotopic (exact) mass is 352 g/mol. The lowest BCUT2D eigenvalue weighted by Gasteiger charge is -2.29. The van der Waals surface area contributed by atoms with E-state index in [-0.39, 0.29) is 24.1 Å². The third-order valence-electron chi connectivity index (χ3n) is 5.66. The van der Waals surface area contributed by atoms with E-state index >= 15 is 0 Å². The van der Waals surface area contributed by atoms with Gasteiger partial charge in [0.25, 0.3) is 5.56 Å². The average molecular weight is 352 g/mol. The molecule has 2 aromatic heterocycles. The summed E-state index contributed by atoms with van der Waals surface area (Å²) < 4.78 is 3.15. The molecule has 3 aromatic rings. The highest BCUT2D eigenvalue weighted by molar-refractivity contribution is 6.07. The van der Waals surface area contributed by atoms with Gasteiger partial charge in [-0.05, 0) is 24.8 Å². The molecule has 6 nitrogen and oxygen atoms in total. The van der Waals surface area contributed by atoms with Crippen LogP contribution in [0.15, 0.2) is 35.3 Å². The number of hydrogen-bond donors (Lipinski definition) is 1. The summed E-state index contributed by atoms with van der Waals surface area (Å²) in [4.78, 5) is 25.4. The van der Waals surface area contributed by atoms with Gasteiger partial charge in [0.1, 0.15) is 12.1 Å². The van der Waals surface area contributed by atoms with E-state index in [0.717, 1.165) is 35.6 Å². The maximum atomic E-state index is 12.9. The molecule has 0 radical (unpaired) electrons. The van der Waals surface area contributed by atoms with Gasteiger partial charge < -0.3 is 9.88 Å². The summed E-state index contributed by atoms with van der Waals surface area (Å²) in [5.41, 5.74) is 1.34. The Morgan fingerprint density at radius 2 is 2.00 bits per heavy atom. The Hall–Kier alpha value is -2.63. The Labute approximate surface area is 151 Å². The number of aryl methyl sites for hydroxylation is 1. The minimum Gasteiger partial charge on any atom is -0.351 e. The van der Waals surface area contributed by atoms with Crippen LogP contribution in [0.4, 0.5) is 0 Å². The number of benzene rings is 1. The third-order valence-corrected chi connectivity index (χ3v) is 5.66. The Bertz CT molecular complexity index is 1030. The molecular weight excluding hydrogens is 328 g/mol. The molecule has 2 heterocycles. The lowest BCUT2D eigenvalue weighted by atomic mass is 9.86. The Kier molecular flexibility index (Phi) is 4.26. The van der Waals surface area contributed by atoms with Crippen molar-refractivity contribution in [1.82, 2.24) is 19.7 Å². The number of carbonyl (C=O) groups is 1. The highest BCUT2D eigenvalue weighted by Gasteiger charge is 2.23. The number of amides is 1. The van der Waals surface area contributed by atoms with Crippen LogP contribution in [-0.4, -0.2) is 26.3 Å². The molecule has 0 spiro atoms. The summed E-state index contributed by atoms with van der Waals surface area (Å²) in [6.07, 6.45) is 6.22. The molecule has 1 aromatic carbocycles. The van der Waals surface area contributed by atoms with Crippen molar-refractivity contribution in [3.8, 4) is 0 Å². The van der Waals surface area contributed by atoms with E-state index in [1.165, 1.54) is 11.1 Å². The van der Waals surface area contributed by atoms with Gasteiger partial charge in [-0.15, -0.1) is 0 Å². The molecule has 0 saturated heterocycles. The van der Waals surface area contributed by atoms with Gasteiger partial charge in [0.05, 0.1) is 6.20 Å². The van der Waals surface area contributed by atoms with E-state index in [0.29, 0.717) is 11.4 Å². The van der Waals surface area contributed by atoms with Crippen molar-refractivity contribution in [1.29, 1.82) is 0 Å². The number of aromatic nitrogens is 3. The molecule has 1 amide bonds. The van der Waals surface area contributed by atoms with Crippen LogP contribution in [0, 0.1) is 5.92 Å². The number of hydrogen-bond acceptors (Lipinski definition) is 3. The van der Waals surface area contributed by atoms with Crippen LogP contribution in [0.3, 0.4) is 0 Å². The highest BCUT2D eigenvalue weighted by Crippen LogP contribution is 2.25. The first-order valence-corrected chi connectivity index (χ1v) is 9.29. The zero-order chi connectivity index (χ0) is 18.3. The van der Waals surface area contributed by atoms with Gasteiger partial charge in [-0.2, -0.15) is 5.10 Å². The van der Waals surface area contributed by atoms with Crippen molar-refractivity contribution in [3.63, 3.8) is 0 Å². The van der Waals surface area contributed by atoms with Gasteiger partial charge in [0, 0.05) is 29.4 Å². The summed E-state index contributed by atoms with van der Waals surface area (Å²) in [7, 11) is 1.88. The predicted molar refractivity (Wildman–Crippen MR) is 102 cm³/mol. The molecule has 6 heteroatoms. The molecule has 1 fully saturated rings. The Morgan fingerprint density at radius 1 is 1.23 bits per heavy atom. The summed E-state index contributed by atoms with van der Waals surface area (Å²) in [5.74, 6) is 0.342. The standard InChI is InChI=1S/C20H24N4O2/c1-13-7-3-5-9-16(13)22-18(25)12-24-20(26)19-15(11-21-24)14-8-4-6-10-17(14)23(19)2/h4,6,8,10-11,13,16H,3,5,7,9,12H2,1-2H3,(H,22,25)/t13-,16-/m1/s1. The molecule has 2 atom stereocenters. The van der Waals surface area contributed by atoms with Gasteiger partial charge in [-0.1, -0.05) is 38.0 Å². The van der Waals surface area contributed by atoms with Gasteiger partial charge >= 0.3 is 0 Å². The molecule has 1 N–H and O–H groups in total. The third kappa shape index (κ3) is 2.79. The quantitative estimate of drug-likeness (QED) is 0.788. The number of rotatable bonds is 3. The highest BCUT2D eigenvalue weighted by atomic mass is 16.2. The lowest BCUT2D eigenvalue weighted by Crippen LogP contribution is -2.43. The fourth-order valence-corrected chi connectivity index (χ4v) is 4.15. The summed E-state index contributed by atoms with van der Waals surface area (Å²) in [6, 6.07) is 8.07. The molecule has 1 aliphatic carbocycles. The zero-order valence-electron chi connectivity index (χ0n) is 15.2. The number of nitrogens with one attached hydrogen (secondary N) is 1. The molecule has 0 aliphatic heterocycles. The van der Waals surface area contributed by atoms with Crippen molar-refractivity contribution >= 4 is 27.7 Å². The number of para-hydroxylation sites is 1. The topological polar surface area (TPSA) is 68.9 Å². The van der Waals surface area contributed by atoms with Crippen LogP contribution in [-0.2, 0) is 18.4 Å². The second-order valence-corrected chi connectivity index (χ2v) is 7.38. The van der Waals surface area contributed by atoms with Crippen LogP contribution >= 0.6 is 0 Å². The number of carbonyl (C=O) groups excluding carboxylic acids is 1. The van der Waals surface area contributed by atoms with Crippen LogP contribution in [0.25, 0.3) is 21.8 Å². The first-order valence-electron chi connectivity index (χ1n) is 9.29. The molecule has 26 heavy (non-hydrogen) atoms. The molecule has 1 aliphatic rings. The van der Waals surface area contributed by atoms with Crippen LogP contribution < -0.4 is 10.9 Å². The molecule has 0 unspecified atom stereocenters. The van der Waals surface area contributed by atoms with Crippen LogP contribution in [0.1, 0.15) is 32.6 Å². The zero-order valence-corrected chi connectivity index (χ0v) is 15.2. The summed E-state index contributed by atoms with van der Waals surface area (Å²) in [5, 5.41) is 9.17. The normalized spacial score (nSPS) is 20.5. The first-order chi connectivity index (χ1) is 12.6. The minimum atomic E-state index is -0.229. The fraction of sp³-hybridized carbons (Fsp3) is 0.450. The van der Waals surface area contributed by atoms with E-state index in [4.69, 9.17) is 0 Å². The number of fused-ring (bicyclic) bond motifs is 3. The minimum absolute atomic E-state index is 0.0421. The van der Waals surface area contributed by atoms with Crippen LogP contribution in [0.5, 0.6) is 0 Å². The molecule has 1 saturated carbocycles. The van der Waals surface area contributed by atoms with E-state index < -0.39 is 0 Å². The maximum absolute atomic E-state index is 12.9. The largest absolute Gasteiger partial charge is 0.351 e.